The Bertz CT molecular complexity index is 1050. The Morgan fingerprint density at radius 2 is 2.07 bits per heavy atom. The molecule has 3 aromatic rings. The van der Waals surface area contributed by atoms with Crippen molar-refractivity contribution >= 4 is 46.3 Å². The number of halogens is 1. The van der Waals surface area contributed by atoms with Gasteiger partial charge in [-0.05, 0) is 48.2 Å². The largest absolute Gasteiger partial charge is 0.504 e. The summed E-state index contributed by atoms with van der Waals surface area (Å²) in [7, 11) is 1.46. The number of esters is 1. The highest BCUT2D eigenvalue weighted by atomic mass is 35.5. The van der Waals surface area contributed by atoms with Crippen LogP contribution in [0.25, 0.3) is 17.0 Å². The first-order valence-electron chi connectivity index (χ1n) is 8.35. The number of carbonyl (C=O) groups is 1. The number of hydrogen-bond donors (Lipinski definition) is 1. The Labute approximate surface area is 171 Å². The third-order valence-corrected chi connectivity index (χ3v) is 5.09. The average Bonchev–Trinajstić information content (AvgIpc) is 2.71. The summed E-state index contributed by atoms with van der Waals surface area (Å²) in [5, 5.41) is 10.8. The molecule has 0 spiro atoms. The number of hydrogen-bond acceptors (Lipinski definition) is 6. The molecule has 0 saturated carbocycles. The summed E-state index contributed by atoms with van der Waals surface area (Å²) in [5.41, 5.74) is 2.13. The number of methoxy groups -OCH3 is 1. The highest BCUT2D eigenvalue weighted by Gasteiger charge is 2.08. The van der Waals surface area contributed by atoms with Crippen molar-refractivity contribution in [2.75, 3.05) is 13.4 Å². The van der Waals surface area contributed by atoms with Crippen LogP contribution in [0, 0.1) is 0 Å². The van der Waals surface area contributed by atoms with E-state index in [0.29, 0.717) is 22.0 Å². The minimum Gasteiger partial charge on any atom is -0.504 e. The molecular formula is C21H18ClNO4S. The summed E-state index contributed by atoms with van der Waals surface area (Å²) in [5.74, 6) is -0.152. The molecule has 0 amide bonds. The van der Waals surface area contributed by atoms with Gasteiger partial charge >= 0.3 is 5.97 Å². The van der Waals surface area contributed by atoms with Crippen molar-refractivity contribution in [3.8, 4) is 11.5 Å². The van der Waals surface area contributed by atoms with Crippen LogP contribution in [0.1, 0.15) is 11.1 Å². The number of benzene rings is 2. The smallest absolute Gasteiger partial charge is 0.331 e. The molecule has 2 aromatic carbocycles. The first-order valence-corrected chi connectivity index (χ1v) is 9.95. The molecule has 3 rings (SSSR count). The molecule has 0 bridgehead atoms. The second-order valence-corrected chi connectivity index (χ2v) is 7.11. The van der Waals surface area contributed by atoms with Crippen LogP contribution in [-0.4, -0.2) is 29.4 Å². The van der Waals surface area contributed by atoms with Crippen molar-refractivity contribution < 1.29 is 19.4 Å². The summed E-state index contributed by atoms with van der Waals surface area (Å²) >= 11 is 7.87. The van der Waals surface area contributed by atoms with E-state index in [1.165, 1.54) is 19.3 Å². The monoisotopic (exact) mass is 415 g/mol. The molecular weight excluding hydrogens is 398 g/mol. The molecule has 0 fully saturated rings. The maximum absolute atomic E-state index is 12.0. The quantitative estimate of drug-likeness (QED) is 0.262. The number of fused-ring (bicyclic) bond motifs is 1. The van der Waals surface area contributed by atoms with Crippen molar-refractivity contribution in [3.63, 3.8) is 0 Å². The number of phenolic OH excluding ortho intramolecular Hbond substituents is 1. The third-order valence-electron chi connectivity index (χ3n) is 4.04. The van der Waals surface area contributed by atoms with E-state index >= 15 is 0 Å². The van der Waals surface area contributed by atoms with Gasteiger partial charge in [0.05, 0.1) is 12.6 Å². The van der Waals surface area contributed by atoms with E-state index < -0.39 is 5.97 Å². The molecule has 0 saturated heterocycles. The topological polar surface area (TPSA) is 68.7 Å². The molecule has 28 heavy (non-hydrogen) atoms. The van der Waals surface area contributed by atoms with Crippen LogP contribution in [0.2, 0.25) is 5.15 Å². The van der Waals surface area contributed by atoms with Crippen LogP contribution < -0.4 is 4.74 Å². The number of pyridine rings is 1. The lowest BCUT2D eigenvalue weighted by Crippen LogP contribution is -2.02. The fourth-order valence-corrected chi connectivity index (χ4v) is 3.19. The summed E-state index contributed by atoms with van der Waals surface area (Å²) in [6.07, 6.45) is 4.88. The van der Waals surface area contributed by atoms with Crippen LogP contribution in [0.5, 0.6) is 11.5 Å². The lowest BCUT2D eigenvalue weighted by molar-refractivity contribution is -0.138. The number of nitrogens with zero attached hydrogens (tertiary/aromatic N) is 1. The molecule has 0 atom stereocenters. The minimum absolute atomic E-state index is 0.0219. The van der Waals surface area contributed by atoms with E-state index in [1.54, 1.807) is 30.0 Å². The number of carbonyl (C=O) groups excluding carboxylic acids is 1. The molecule has 0 radical (unpaired) electrons. The molecule has 1 heterocycles. The lowest BCUT2D eigenvalue weighted by atomic mass is 10.1. The molecule has 144 valence electrons. The number of aromatic hydroxyl groups is 1. The van der Waals surface area contributed by atoms with Gasteiger partial charge in [0.1, 0.15) is 11.8 Å². The van der Waals surface area contributed by atoms with E-state index in [1.807, 2.05) is 30.5 Å². The number of thioether (sulfide) groups is 1. The first kappa shape index (κ1) is 20.0. The van der Waals surface area contributed by atoms with Crippen molar-refractivity contribution in [2.45, 2.75) is 11.5 Å². The number of aromatic nitrogens is 1. The molecule has 0 aliphatic heterocycles. The summed E-state index contributed by atoms with van der Waals surface area (Å²) in [4.78, 5) is 17.5. The zero-order valence-corrected chi connectivity index (χ0v) is 16.9. The second-order valence-electron chi connectivity index (χ2n) is 5.87. The van der Waals surface area contributed by atoms with E-state index in [0.717, 1.165) is 15.8 Å². The van der Waals surface area contributed by atoms with Crippen molar-refractivity contribution in [2.24, 2.45) is 0 Å². The molecule has 0 aliphatic carbocycles. The molecule has 0 unspecified atom stereocenters. The van der Waals surface area contributed by atoms with Crippen molar-refractivity contribution in [3.05, 3.63) is 64.8 Å². The van der Waals surface area contributed by atoms with E-state index in [9.17, 15) is 9.90 Å². The summed E-state index contributed by atoms with van der Waals surface area (Å²) < 4.78 is 10.3. The Kier molecular flexibility index (Phi) is 6.44. The highest BCUT2D eigenvalue weighted by Crippen LogP contribution is 2.27. The fraction of sp³-hybridized carbons (Fsp3) is 0.143. The third kappa shape index (κ3) is 4.77. The minimum atomic E-state index is -0.513. The van der Waals surface area contributed by atoms with Crippen LogP contribution in [-0.2, 0) is 16.1 Å². The predicted octanol–water partition coefficient (Wildman–Crippen LogP) is 5.08. The maximum Gasteiger partial charge on any atom is 0.331 e. The van der Waals surface area contributed by atoms with E-state index in [4.69, 9.17) is 21.1 Å². The normalized spacial score (nSPS) is 11.1. The fourth-order valence-electron chi connectivity index (χ4n) is 2.55. The van der Waals surface area contributed by atoms with Gasteiger partial charge in [-0.1, -0.05) is 23.7 Å². The second kappa shape index (κ2) is 8.99. The van der Waals surface area contributed by atoms with Crippen molar-refractivity contribution in [1.29, 1.82) is 0 Å². The predicted molar refractivity (Wildman–Crippen MR) is 112 cm³/mol. The van der Waals surface area contributed by atoms with E-state index in [2.05, 4.69) is 4.98 Å². The Morgan fingerprint density at radius 1 is 1.25 bits per heavy atom. The average molecular weight is 416 g/mol. The van der Waals surface area contributed by atoms with Crippen LogP contribution in [0.4, 0.5) is 0 Å². The Morgan fingerprint density at radius 3 is 2.82 bits per heavy atom. The maximum atomic E-state index is 12.0. The standard InChI is InChI=1S/C21H18ClNO4S/c1-26-19-9-13(3-7-18(19)24)4-8-20(25)27-12-15-10-14-5-6-16(28-2)11-17(14)23-21(15)22/h3-11,24H,12H2,1-2H3/b8-4+. The van der Waals surface area contributed by atoms with Gasteiger partial charge in [0.25, 0.3) is 0 Å². The molecule has 5 nitrogen and oxygen atoms in total. The van der Waals surface area contributed by atoms with Gasteiger partial charge in [0.2, 0.25) is 0 Å². The Balaban J connectivity index is 1.68. The number of rotatable bonds is 6. The van der Waals surface area contributed by atoms with Gasteiger partial charge in [0.15, 0.2) is 11.5 Å². The molecule has 7 heteroatoms. The molecule has 1 N–H and O–H groups in total. The highest BCUT2D eigenvalue weighted by molar-refractivity contribution is 7.98. The number of ether oxygens (including phenoxy) is 2. The van der Waals surface area contributed by atoms with Gasteiger partial charge in [0, 0.05) is 21.9 Å². The van der Waals surface area contributed by atoms with Crippen molar-refractivity contribution in [1.82, 2.24) is 4.98 Å². The summed E-state index contributed by atoms with van der Waals surface area (Å²) in [6, 6.07) is 12.6. The van der Waals surface area contributed by atoms with Crippen LogP contribution in [0.3, 0.4) is 0 Å². The first-order chi connectivity index (χ1) is 13.5. The summed E-state index contributed by atoms with van der Waals surface area (Å²) in [6.45, 7) is 0.0219. The van der Waals surface area contributed by atoms with Gasteiger partial charge < -0.3 is 14.6 Å². The zero-order valence-electron chi connectivity index (χ0n) is 15.3. The van der Waals surface area contributed by atoms with E-state index in [-0.39, 0.29) is 12.4 Å². The molecule has 0 aliphatic rings. The van der Waals surface area contributed by atoms with Crippen LogP contribution in [0.15, 0.2) is 53.4 Å². The van der Waals surface area contributed by atoms with Gasteiger partial charge in [-0.3, -0.25) is 0 Å². The molecule has 1 aromatic heterocycles. The lowest BCUT2D eigenvalue weighted by Gasteiger charge is -2.07. The Hall–Kier alpha value is -2.70. The number of phenols is 1. The zero-order chi connectivity index (χ0) is 20.1. The van der Waals surface area contributed by atoms with Gasteiger partial charge in [-0.15, -0.1) is 11.8 Å². The van der Waals surface area contributed by atoms with Gasteiger partial charge in [-0.25, -0.2) is 9.78 Å². The van der Waals surface area contributed by atoms with Gasteiger partial charge in [-0.2, -0.15) is 0 Å². The van der Waals surface area contributed by atoms with Crippen LogP contribution >= 0.6 is 23.4 Å². The SMILES string of the molecule is COc1cc(/C=C/C(=O)OCc2cc3ccc(SC)cc3nc2Cl)ccc1O.